The fourth-order valence-corrected chi connectivity index (χ4v) is 2.98. The van der Waals surface area contributed by atoms with Crippen LogP contribution in [0.25, 0.3) is 6.08 Å². The fraction of sp³-hybridized carbons (Fsp3) is 0.250. The predicted molar refractivity (Wildman–Crippen MR) is 90.7 cm³/mol. The quantitative estimate of drug-likeness (QED) is 0.598. The standard InChI is InChI=1S/C20H20O3/c1-4-5-15-6-11-19-18(12-15)13(2)20(23-19)16-7-9-17(10-8-16)22-14(3)21/h4-13,20H,1-3H3/b5-4+/t13-,20-/m1/s1. The lowest BCUT2D eigenvalue weighted by Gasteiger charge is -2.16. The van der Waals surface area contributed by atoms with Gasteiger partial charge in [-0.15, -0.1) is 0 Å². The second-order valence-electron chi connectivity index (χ2n) is 5.79. The summed E-state index contributed by atoms with van der Waals surface area (Å²) in [7, 11) is 0. The fourth-order valence-electron chi connectivity index (χ4n) is 2.98. The van der Waals surface area contributed by atoms with Crippen LogP contribution in [-0.4, -0.2) is 5.97 Å². The zero-order chi connectivity index (χ0) is 16.4. The van der Waals surface area contributed by atoms with E-state index in [-0.39, 0.29) is 18.0 Å². The van der Waals surface area contributed by atoms with Crippen LogP contribution in [-0.2, 0) is 4.79 Å². The average Bonchev–Trinajstić information content (AvgIpc) is 2.85. The summed E-state index contributed by atoms with van der Waals surface area (Å²) in [5, 5.41) is 0. The molecule has 3 rings (SSSR count). The van der Waals surface area contributed by atoms with Crippen molar-refractivity contribution in [2.45, 2.75) is 32.8 Å². The van der Waals surface area contributed by atoms with Crippen molar-refractivity contribution in [3.05, 3.63) is 65.2 Å². The minimum absolute atomic E-state index is 0.0164. The molecule has 0 aromatic heterocycles. The summed E-state index contributed by atoms with van der Waals surface area (Å²) < 4.78 is 11.2. The molecule has 3 nitrogen and oxygen atoms in total. The molecule has 0 unspecified atom stereocenters. The van der Waals surface area contributed by atoms with Crippen LogP contribution in [0.3, 0.4) is 0 Å². The van der Waals surface area contributed by atoms with Crippen molar-refractivity contribution in [2.24, 2.45) is 0 Å². The summed E-state index contributed by atoms with van der Waals surface area (Å²) in [6, 6.07) is 13.8. The highest BCUT2D eigenvalue weighted by Gasteiger charge is 2.32. The zero-order valence-corrected chi connectivity index (χ0v) is 13.6. The van der Waals surface area contributed by atoms with Gasteiger partial charge in [0.15, 0.2) is 0 Å². The summed E-state index contributed by atoms with van der Waals surface area (Å²) in [4.78, 5) is 11.0. The number of carbonyl (C=O) groups is 1. The van der Waals surface area contributed by atoms with Gasteiger partial charge < -0.3 is 9.47 Å². The van der Waals surface area contributed by atoms with E-state index >= 15 is 0 Å². The third-order valence-electron chi connectivity index (χ3n) is 4.06. The first-order valence-corrected chi connectivity index (χ1v) is 7.80. The number of rotatable bonds is 3. The summed E-state index contributed by atoms with van der Waals surface area (Å²) in [6.07, 6.45) is 4.11. The third kappa shape index (κ3) is 3.14. The molecule has 118 valence electrons. The molecule has 0 amide bonds. The van der Waals surface area contributed by atoms with Crippen LogP contribution < -0.4 is 9.47 Å². The van der Waals surface area contributed by atoms with E-state index in [1.165, 1.54) is 18.1 Å². The Balaban J connectivity index is 1.83. The highest BCUT2D eigenvalue weighted by Crippen LogP contribution is 2.46. The van der Waals surface area contributed by atoms with E-state index in [0.29, 0.717) is 5.75 Å². The maximum Gasteiger partial charge on any atom is 0.308 e. The summed E-state index contributed by atoms with van der Waals surface area (Å²) in [5.74, 6) is 1.46. The van der Waals surface area contributed by atoms with E-state index in [2.05, 4.69) is 25.1 Å². The van der Waals surface area contributed by atoms with Crippen molar-refractivity contribution < 1.29 is 14.3 Å². The van der Waals surface area contributed by atoms with Gasteiger partial charge in [0, 0.05) is 18.4 Å². The van der Waals surface area contributed by atoms with E-state index in [1.807, 2.05) is 31.2 Å². The Bertz CT molecular complexity index is 744. The first kappa shape index (κ1) is 15.3. The number of carbonyl (C=O) groups excluding carboxylic acids is 1. The molecule has 0 aliphatic carbocycles. The molecule has 0 saturated carbocycles. The topological polar surface area (TPSA) is 35.5 Å². The van der Waals surface area contributed by atoms with Crippen LogP contribution in [0, 0.1) is 0 Å². The Morgan fingerprint density at radius 2 is 1.91 bits per heavy atom. The predicted octanol–water partition coefficient (Wildman–Crippen LogP) is 4.88. The molecular weight excluding hydrogens is 288 g/mol. The van der Waals surface area contributed by atoms with Gasteiger partial charge in [-0.1, -0.05) is 37.3 Å². The number of benzene rings is 2. The molecule has 2 aromatic rings. The van der Waals surface area contributed by atoms with Crippen LogP contribution >= 0.6 is 0 Å². The molecule has 23 heavy (non-hydrogen) atoms. The minimum Gasteiger partial charge on any atom is -0.485 e. The molecule has 0 fully saturated rings. The van der Waals surface area contributed by atoms with Crippen molar-refractivity contribution in [3.8, 4) is 11.5 Å². The SMILES string of the molecule is C/C=C/c1ccc2c(c1)[C@@H](C)[C@H](c1ccc(OC(C)=O)cc1)O2. The van der Waals surface area contributed by atoms with Gasteiger partial charge in [-0.25, -0.2) is 0 Å². The molecule has 1 aliphatic rings. The number of hydrogen-bond acceptors (Lipinski definition) is 3. The van der Waals surface area contributed by atoms with Crippen molar-refractivity contribution in [1.82, 2.24) is 0 Å². The van der Waals surface area contributed by atoms with E-state index < -0.39 is 0 Å². The van der Waals surface area contributed by atoms with Gasteiger partial charge in [0.25, 0.3) is 0 Å². The lowest BCUT2D eigenvalue weighted by atomic mass is 9.92. The van der Waals surface area contributed by atoms with E-state index in [9.17, 15) is 4.79 Å². The molecule has 0 bridgehead atoms. The number of ether oxygens (including phenoxy) is 2. The van der Waals surface area contributed by atoms with Crippen LogP contribution in [0.15, 0.2) is 48.5 Å². The smallest absolute Gasteiger partial charge is 0.308 e. The summed E-state index contributed by atoms with van der Waals surface area (Å²) >= 11 is 0. The molecule has 1 aliphatic heterocycles. The highest BCUT2D eigenvalue weighted by molar-refractivity contribution is 5.69. The Morgan fingerprint density at radius 1 is 1.17 bits per heavy atom. The molecule has 1 heterocycles. The van der Waals surface area contributed by atoms with E-state index in [4.69, 9.17) is 9.47 Å². The Kier molecular flexibility index (Phi) is 4.20. The van der Waals surface area contributed by atoms with Gasteiger partial charge in [0.2, 0.25) is 0 Å². The monoisotopic (exact) mass is 308 g/mol. The maximum absolute atomic E-state index is 11.0. The normalized spacial score (nSPS) is 19.4. The molecule has 2 aromatic carbocycles. The van der Waals surface area contributed by atoms with E-state index in [1.54, 1.807) is 12.1 Å². The molecule has 0 radical (unpaired) electrons. The Morgan fingerprint density at radius 3 is 2.57 bits per heavy atom. The van der Waals surface area contributed by atoms with Crippen molar-refractivity contribution in [2.75, 3.05) is 0 Å². The third-order valence-corrected chi connectivity index (χ3v) is 4.06. The number of fused-ring (bicyclic) bond motifs is 1. The first-order chi connectivity index (χ1) is 11.1. The van der Waals surface area contributed by atoms with Crippen molar-refractivity contribution in [3.63, 3.8) is 0 Å². The van der Waals surface area contributed by atoms with Crippen LogP contribution in [0.5, 0.6) is 11.5 Å². The lowest BCUT2D eigenvalue weighted by Crippen LogP contribution is -2.07. The van der Waals surface area contributed by atoms with Gasteiger partial charge in [-0.05, 0) is 42.3 Å². The van der Waals surface area contributed by atoms with E-state index in [0.717, 1.165) is 11.3 Å². The zero-order valence-electron chi connectivity index (χ0n) is 13.6. The largest absolute Gasteiger partial charge is 0.485 e. The Hall–Kier alpha value is -2.55. The average molecular weight is 308 g/mol. The van der Waals surface area contributed by atoms with Crippen LogP contribution in [0.1, 0.15) is 49.5 Å². The minimum atomic E-state index is -0.313. The van der Waals surface area contributed by atoms with Crippen molar-refractivity contribution in [1.29, 1.82) is 0 Å². The molecular formula is C20H20O3. The maximum atomic E-state index is 11.0. The molecule has 0 saturated heterocycles. The second kappa shape index (κ2) is 6.29. The summed E-state index contributed by atoms with van der Waals surface area (Å²) in [5.41, 5.74) is 3.50. The van der Waals surface area contributed by atoms with Gasteiger partial charge in [0.1, 0.15) is 17.6 Å². The van der Waals surface area contributed by atoms with Gasteiger partial charge in [0.05, 0.1) is 0 Å². The van der Waals surface area contributed by atoms with Crippen LogP contribution in [0.4, 0.5) is 0 Å². The summed E-state index contributed by atoms with van der Waals surface area (Å²) in [6.45, 7) is 5.59. The van der Waals surface area contributed by atoms with Gasteiger partial charge in [-0.3, -0.25) is 4.79 Å². The first-order valence-electron chi connectivity index (χ1n) is 7.80. The molecule has 2 atom stereocenters. The number of esters is 1. The number of allylic oxidation sites excluding steroid dienone is 1. The number of hydrogen-bond donors (Lipinski definition) is 0. The van der Waals surface area contributed by atoms with Crippen molar-refractivity contribution >= 4 is 12.0 Å². The Labute approximate surface area is 136 Å². The second-order valence-corrected chi connectivity index (χ2v) is 5.79. The lowest BCUT2D eigenvalue weighted by molar-refractivity contribution is -0.131. The molecule has 0 spiro atoms. The molecule has 3 heteroatoms. The van der Waals surface area contributed by atoms with Gasteiger partial charge in [-0.2, -0.15) is 0 Å². The van der Waals surface area contributed by atoms with Crippen LogP contribution in [0.2, 0.25) is 0 Å². The highest BCUT2D eigenvalue weighted by atomic mass is 16.5. The molecule has 0 N–H and O–H groups in total. The van der Waals surface area contributed by atoms with Gasteiger partial charge >= 0.3 is 5.97 Å².